The quantitative estimate of drug-likeness (QED) is 0.514. The number of nitrogens with zero attached hydrogens (tertiary/aromatic N) is 3. The molecule has 0 aliphatic carbocycles. The minimum Gasteiger partial charge on any atom is -0.361 e. The van der Waals surface area contributed by atoms with Crippen molar-refractivity contribution in [1.29, 1.82) is 0 Å². The number of anilines is 1. The van der Waals surface area contributed by atoms with Crippen LogP contribution in [-0.2, 0) is 16.0 Å². The molecule has 1 aliphatic heterocycles. The van der Waals surface area contributed by atoms with Gasteiger partial charge in [-0.3, -0.25) is 9.59 Å². The van der Waals surface area contributed by atoms with E-state index in [1.807, 2.05) is 24.4 Å². The number of benzene rings is 1. The van der Waals surface area contributed by atoms with Crippen LogP contribution in [0.4, 0.5) is 5.13 Å². The predicted molar refractivity (Wildman–Crippen MR) is 124 cm³/mol. The number of rotatable bonds is 8. The number of aromatic nitrogens is 3. The van der Waals surface area contributed by atoms with Gasteiger partial charge in [-0.05, 0) is 43.0 Å². The Morgan fingerprint density at radius 1 is 1.35 bits per heavy atom. The smallest absolute Gasteiger partial charge is 0.231 e. The van der Waals surface area contributed by atoms with E-state index in [2.05, 4.69) is 34.3 Å². The van der Waals surface area contributed by atoms with Crippen molar-refractivity contribution in [2.45, 2.75) is 45.4 Å². The summed E-state index contributed by atoms with van der Waals surface area (Å²) in [5.41, 5.74) is 2.13. The Labute approximate surface area is 190 Å². The van der Waals surface area contributed by atoms with Crippen molar-refractivity contribution in [1.82, 2.24) is 20.1 Å². The van der Waals surface area contributed by atoms with Crippen LogP contribution >= 0.6 is 22.9 Å². The third kappa shape index (κ3) is 4.75. The summed E-state index contributed by atoms with van der Waals surface area (Å²) in [6.07, 6.45) is 4.87. The Kier molecular flexibility index (Phi) is 6.57. The Hall–Kier alpha value is -2.45. The third-order valence-electron chi connectivity index (χ3n) is 5.97. The van der Waals surface area contributed by atoms with Gasteiger partial charge in [-0.15, -0.1) is 10.2 Å². The van der Waals surface area contributed by atoms with Crippen molar-refractivity contribution in [3.8, 4) is 0 Å². The Balaban J connectivity index is 1.34. The maximum atomic E-state index is 12.7. The summed E-state index contributed by atoms with van der Waals surface area (Å²) in [6, 6.07) is 5.73. The summed E-state index contributed by atoms with van der Waals surface area (Å²) in [6.45, 7) is 5.24. The zero-order valence-corrected chi connectivity index (χ0v) is 19.2. The minimum atomic E-state index is -0.370. The minimum absolute atomic E-state index is 0.00741. The molecule has 0 saturated carbocycles. The maximum Gasteiger partial charge on any atom is 0.231 e. The highest BCUT2D eigenvalue weighted by atomic mass is 35.5. The molecule has 7 nitrogen and oxygen atoms in total. The first-order valence-corrected chi connectivity index (χ1v) is 11.9. The van der Waals surface area contributed by atoms with E-state index in [-0.39, 0.29) is 24.2 Å². The number of amides is 2. The molecule has 164 valence electrons. The van der Waals surface area contributed by atoms with E-state index in [0.717, 1.165) is 34.3 Å². The van der Waals surface area contributed by atoms with Gasteiger partial charge in [0, 0.05) is 47.6 Å². The van der Waals surface area contributed by atoms with Gasteiger partial charge in [0.05, 0.1) is 5.92 Å². The molecular weight excluding hydrogens is 434 g/mol. The van der Waals surface area contributed by atoms with E-state index in [0.29, 0.717) is 35.6 Å². The van der Waals surface area contributed by atoms with Gasteiger partial charge in [-0.25, -0.2) is 0 Å². The standard InChI is InChI=1S/C22H26ClN5O2S/c1-3-13(4-2)21-26-27-22(31-21)25-20(30)15-9-19(29)28(12-15)8-7-14-11-24-18-6-5-16(23)10-17(14)18/h5-6,10-11,13,15,24H,3-4,7-9,12H2,1-2H3,(H,25,27,30)/t15-/m0/s1. The van der Waals surface area contributed by atoms with Gasteiger partial charge in [0.2, 0.25) is 16.9 Å². The number of nitrogens with one attached hydrogen (secondary N) is 2. The number of H-pyrrole nitrogens is 1. The highest BCUT2D eigenvalue weighted by Gasteiger charge is 2.34. The molecule has 1 saturated heterocycles. The molecule has 0 spiro atoms. The zero-order chi connectivity index (χ0) is 22.0. The monoisotopic (exact) mass is 459 g/mol. The lowest BCUT2D eigenvalue weighted by Gasteiger charge is -2.16. The number of carbonyl (C=O) groups excluding carboxylic acids is 2. The number of halogens is 1. The van der Waals surface area contributed by atoms with Crippen LogP contribution in [0.2, 0.25) is 5.02 Å². The molecule has 31 heavy (non-hydrogen) atoms. The largest absolute Gasteiger partial charge is 0.361 e. The number of fused-ring (bicyclic) bond motifs is 1. The lowest BCUT2D eigenvalue weighted by molar-refractivity contribution is -0.128. The molecule has 0 radical (unpaired) electrons. The van der Waals surface area contributed by atoms with Gasteiger partial charge in [0.1, 0.15) is 5.01 Å². The van der Waals surface area contributed by atoms with E-state index >= 15 is 0 Å². The van der Waals surface area contributed by atoms with Crippen molar-refractivity contribution in [3.05, 3.63) is 40.0 Å². The topological polar surface area (TPSA) is 91.0 Å². The summed E-state index contributed by atoms with van der Waals surface area (Å²) < 4.78 is 0. The molecule has 2 N–H and O–H groups in total. The van der Waals surface area contributed by atoms with Crippen LogP contribution in [0.1, 0.15) is 49.6 Å². The Bertz CT molecular complexity index is 1090. The molecule has 0 unspecified atom stereocenters. The summed E-state index contributed by atoms with van der Waals surface area (Å²) in [7, 11) is 0. The zero-order valence-electron chi connectivity index (χ0n) is 17.7. The van der Waals surface area contributed by atoms with E-state index in [9.17, 15) is 9.59 Å². The van der Waals surface area contributed by atoms with Gasteiger partial charge in [0.15, 0.2) is 0 Å². The second kappa shape index (κ2) is 9.36. The van der Waals surface area contributed by atoms with Gasteiger partial charge >= 0.3 is 0 Å². The second-order valence-electron chi connectivity index (χ2n) is 7.94. The van der Waals surface area contributed by atoms with Crippen LogP contribution in [0, 0.1) is 5.92 Å². The SMILES string of the molecule is CCC(CC)c1nnc(NC(=O)[C@H]2CC(=O)N(CCc3c[nH]c4ccc(Cl)cc34)C2)s1. The van der Waals surface area contributed by atoms with Gasteiger partial charge in [-0.1, -0.05) is 36.8 Å². The summed E-state index contributed by atoms with van der Waals surface area (Å²) >= 11 is 7.54. The predicted octanol–water partition coefficient (Wildman–Crippen LogP) is 4.61. The summed E-state index contributed by atoms with van der Waals surface area (Å²) in [5.74, 6) is -0.161. The maximum absolute atomic E-state index is 12.7. The van der Waals surface area contributed by atoms with Crippen molar-refractivity contribution in [2.75, 3.05) is 18.4 Å². The fraction of sp³-hybridized carbons (Fsp3) is 0.455. The number of hydrogen-bond donors (Lipinski definition) is 2. The molecule has 1 atom stereocenters. The molecule has 1 fully saturated rings. The first-order valence-electron chi connectivity index (χ1n) is 10.7. The molecule has 2 amide bonds. The lowest BCUT2D eigenvalue weighted by atomic mass is 10.1. The van der Waals surface area contributed by atoms with Gasteiger partial charge in [-0.2, -0.15) is 0 Å². The molecule has 4 rings (SSSR count). The average molecular weight is 460 g/mol. The summed E-state index contributed by atoms with van der Waals surface area (Å²) in [4.78, 5) is 30.2. The highest BCUT2D eigenvalue weighted by molar-refractivity contribution is 7.15. The van der Waals surface area contributed by atoms with E-state index in [1.165, 1.54) is 11.3 Å². The van der Waals surface area contributed by atoms with Gasteiger partial charge < -0.3 is 15.2 Å². The first-order chi connectivity index (χ1) is 15.0. The number of hydrogen-bond acceptors (Lipinski definition) is 5. The first kappa shape index (κ1) is 21.8. The van der Waals surface area contributed by atoms with Crippen molar-refractivity contribution in [2.24, 2.45) is 5.92 Å². The summed E-state index contributed by atoms with van der Waals surface area (Å²) in [5, 5.41) is 14.4. The van der Waals surface area contributed by atoms with Crippen molar-refractivity contribution < 1.29 is 9.59 Å². The number of aromatic amines is 1. The van der Waals surface area contributed by atoms with Crippen molar-refractivity contribution in [3.63, 3.8) is 0 Å². The highest BCUT2D eigenvalue weighted by Crippen LogP contribution is 2.29. The Morgan fingerprint density at radius 3 is 2.94 bits per heavy atom. The van der Waals surface area contributed by atoms with Gasteiger partial charge in [0.25, 0.3) is 0 Å². The molecule has 1 aliphatic rings. The molecule has 1 aromatic carbocycles. The third-order valence-corrected chi connectivity index (χ3v) is 7.21. The second-order valence-corrected chi connectivity index (χ2v) is 9.39. The normalized spacial score (nSPS) is 16.6. The van der Waals surface area contributed by atoms with Crippen LogP contribution < -0.4 is 5.32 Å². The molecule has 9 heteroatoms. The van der Waals surface area contributed by atoms with Crippen LogP contribution in [0.5, 0.6) is 0 Å². The van der Waals surface area contributed by atoms with Crippen molar-refractivity contribution >= 4 is 50.8 Å². The number of carbonyl (C=O) groups is 2. The molecule has 3 aromatic rings. The van der Waals surface area contributed by atoms with Crippen LogP contribution in [0.15, 0.2) is 24.4 Å². The molecule has 0 bridgehead atoms. The molecular formula is C22H26ClN5O2S. The van der Waals surface area contributed by atoms with E-state index in [4.69, 9.17) is 11.6 Å². The average Bonchev–Trinajstić information content (AvgIpc) is 3.46. The fourth-order valence-electron chi connectivity index (χ4n) is 4.07. The molecule has 2 aromatic heterocycles. The lowest BCUT2D eigenvalue weighted by Crippen LogP contribution is -2.30. The van der Waals surface area contributed by atoms with E-state index in [1.54, 1.807) is 4.90 Å². The Morgan fingerprint density at radius 2 is 2.16 bits per heavy atom. The van der Waals surface area contributed by atoms with E-state index < -0.39 is 0 Å². The van der Waals surface area contributed by atoms with Crippen LogP contribution in [0.25, 0.3) is 10.9 Å². The number of likely N-dealkylation sites (tertiary alicyclic amines) is 1. The molecule has 3 heterocycles. The van der Waals surface area contributed by atoms with Crippen LogP contribution in [0.3, 0.4) is 0 Å². The van der Waals surface area contributed by atoms with Crippen LogP contribution in [-0.4, -0.2) is 45.0 Å². The fourth-order valence-corrected chi connectivity index (χ4v) is 5.26.